The van der Waals surface area contributed by atoms with Gasteiger partial charge < -0.3 is 19.9 Å². The molecule has 0 aromatic heterocycles. The highest BCUT2D eigenvalue weighted by Crippen LogP contribution is 2.24. The number of rotatable bonds is 9. The number of methoxy groups -OCH3 is 1. The Morgan fingerprint density at radius 1 is 1.24 bits per heavy atom. The summed E-state index contributed by atoms with van der Waals surface area (Å²) in [5.74, 6) is 1.37. The molecule has 0 amide bonds. The average Bonchev–Trinajstić information content (AvgIpc) is 2.41. The van der Waals surface area contributed by atoms with Gasteiger partial charge in [0.2, 0.25) is 0 Å². The molecular formula is C16H26BrNO3. The Morgan fingerprint density at radius 2 is 1.95 bits per heavy atom. The maximum absolute atomic E-state index is 9.96. The summed E-state index contributed by atoms with van der Waals surface area (Å²) in [6.45, 7) is 7.15. The second-order valence-electron chi connectivity index (χ2n) is 5.69. The van der Waals surface area contributed by atoms with Gasteiger partial charge in [-0.1, -0.05) is 29.8 Å². The van der Waals surface area contributed by atoms with Crippen LogP contribution in [0.1, 0.15) is 27.2 Å². The van der Waals surface area contributed by atoms with Gasteiger partial charge in [-0.05, 0) is 31.4 Å². The van der Waals surface area contributed by atoms with E-state index in [1.54, 1.807) is 7.11 Å². The minimum Gasteiger partial charge on any atom is -0.497 e. The second-order valence-corrected chi connectivity index (χ2v) is 6.60. The molecule has 0 radical (unpaired) electrons. The number of nitrogens with one attached hydrogen (secondary N) is 1. The third kappa shape index (κ3) is 7.69. The summed E-state index contributed by atoms with van der Waals surface area (Å²) in [6, 6.07) is 5.72. The molecule has 2 N–H and O–H groups in total. The van der Waals surface area contributed by atoms with Crippen molar-refractivity contribution in [3.63, 3.8) is 0 Å². The van der Waals surface area contributed by atoms with Crippen molar-refractivity contribution in [1.29, 1.82) is 0 Å². The fourth-order valence-electron chi connectivity index (χ4n) is 2.08. The molecule has 0 saturated carbocycles. The smallest absolute Gasteiger partial charge is 0.122 e. The SMILES string of the molecule is COc1cc(Br)cc(NCC(O)COC(C)CC(C)C)c1. The number of ether oxygens (including phenoxy) is 2. The van der Waals surface area contributed by atoms with E-state index in [-0.39, 0.29) is 6.10 Å². The summed E-state index contributed by atoms with van der Waals surface area (Å²) in [5.41, 5.74) is 0.899. The van der Waals surface area contributed by atoms with Crippen molar-refractivity contribution in [2.45, 2.75) is 39.4 Å². The van der Waals surface area contributed by atoms with E-state index in [2.05, 4.69) is 35.1 Å². The first-order chi connectivity index (χ1) is 9.90. The average molecular weight is 360 g/mol. The molecule has 0 spiro atoms. The van der Waals surface area contributed by atoms with Gasteiger partial charge in [0.05, 0.1) is 25.9 Å². The van der Waals surface area contributed by atoms with Crippen LogP contribution < -0.4 is 10.1 Å². The first-order valence-electron chi connectivity index (χ1n) is 7.28. The largest absolute Gasteiger partial charge is 0.497 e. The molecule has 0 saturated heterocycles. The highest BCUT2D eigenvalue weighted by atomic mass is 79.9. The summed E-state index contributed by atoms with van der Waals surface area (Å²) < 4.78 is 11.8. The molecule has 0 bridgehead atoms. The summed E-state index contributed by atoms with van der Waals surface area (Å²) >= 11 is 3.43. The van der Waals surface area contributed by atoms with Crippen LogP contribution in [-0.4, -0.2) is 37.6 Å². The van der Waals surface area contributed by atoms with Crippen molar-refractivity contribution in [2.75, 3.05) is 25.6 Å². The Hall–Kier alpha value is -0.780. The van der Waals surface area contributed by atoms with Gasteiger partial charge in [-0.2, -0.15) is 0 Å². The van der Waals surface area contributed by atoms with Gasteiger partial charge >= 0.3 is 0 Å². The summed E-state index contributed by atoms with van der Waals surface area (Å²) in [4.78, 5) is 0. The van der Waals surface area contributed by atoms with Crippen molar-refractivity contribution >= 4 is 21.6 Å². The first kappa shape index (κ1) is 18.3. The van der Waals surface area contributed by atoms with Crippen molar-refractivity contribution in [3.05, 3.63) is 22.7 Å². The first-order valence-corrected chi connectivity index (χ1v) is 8.08. The van der Waals surface area contributed by atoms with E-state index < -0.39 is 6.10 Å². The minimum atomic E-state index is -0.537. The molecule has 0 heterocycles. The number of anilines is 1. The fraction of sp³-hybridized carbons (Fsp3) is 0.625. The van der Waals surface area contributed by atoms with Crippen molar-refractivity contribution in [1.82, 2.24) is 0 Å². The molecule has 0 aliphatic heterocycles. The molecule has 120 valence electrons. The maximum atomic E-state index is 9.96. The van der Waals surface area contributed by atoms with E-state index in [4.69, 9.17) is 9.47 Å². The summed E-state index contributed by atoms with van der Waals surface area (Å²) in [7, 11) is 1.63. The van der Waals surface area contributed by atoms with Crippen LogP contribution in [0.5, 0.6) is 5.75 Å². The lowest BCUT2D eigenvalue weighted by atomic mass is 10.1. The van der Waals surface area contributed by atoms with Crippen molar-refractivity contribution < 1.29 is 14.6 Å². The molecule has 0 aliphatic carbocycles. The number of hydrogen-bond donors (Lipinski definition) is 2. The number of aliphatic hydroxyl groups excluding tert-OH is 1. The number of halogens is 1. The fourth-order valence-corrected chi connectivity index (χ4v) is 2.56. The standard InChI is InChI=1S/C16H26BrNO3/c1-11(2)5-12(3)21-10-15(19)9-18-14-6-13(17)7-16(8-14)20-4/h6-8,11-12,15,18-19H,5,9-10H2,1-4H3. The van der Waals surface area contributed by atoms with E-state index in [1.165, 1.54) is 0 Å². The Balaban J connectivity index is 2.35. The topological polar surface area (TPSA) is 50.7 Å². The van der Waals surface area contributed by atoms with Crippen LogP contribution in [0.15, 0.2) is 22.7 Å². The highest BCUT2D eigenvalue weighted by molar-refractivity contribution is 9.10. The van der Waals surface area contributed by atoms with Crippen LogP contribution in [0.3, 0.4) is 0 Å². The van der Waals surface area contributed by atoms with Gasteiger partial charge in [-0.15, -0.1) is 0 Å². The monoisotopic (exact) mass is 359 g/mol. The molecule has 1 aromatic carbocycles. The normalized spacial score (nSPS) is 14.0. The zero-order valence-corrected chi connectivity index (χ0v) is 14.8. The quantitative estimate of drug-likeness (QED) is 0.705. The number of hydrogen-bond acceptors (Lipinski definition) is 4. The Labute approximate surface area is 136 Å². The molecule has 2 unspecified atom stereocenters. The minimum absolute atomic E-state index is 0.172. The van der Waals surface area contributed by atoms with Gasteiger partial charge in [0.25, 0.3) is 0 Å². The molecule has 21 heavy (non-hydrogen) atoms. The van der Waals surface area contributed by atoms with Crippen LogP contribution >= 0.6 is 15.9 Å². The Bertz CT molecular complexity index is 426. The predicted molar refractivity (Wildman–Crippen MR) is 90.1 cm³/mol. The lowest BCUT2D eigenvalue weighted by molar-refractivity contribution is -0.00443. The molecular weight excluding hydrogens is 334 g/mol. The van der Waals surface area contributed by atoms with E-state index >= 15 is 0 Å². The van der Waals surface area contributed by atoms with Crippen LogP contribution in [0.25, 0.3) is 0 Å². The van der Waals surface area contributed by atoms with Crippen molar-refractivity contribution in [3.8, 4) is 5.75 Å². The molecule has 0 fully saturated rings. The molecule has 5 heteroatoms. The van der Waals surface area contributed by atoms with E-state index in [9.17, 15) is 5.11 Å². The molecule has 2 atom stereocenters. The lowest BCUT2D eigenvalue weighted by Gasteiger charge is -2.18. The zero-order chi connectivity index (χ0) is 15.8. The third-order valence-corrected chi connectivity index (χ3v) is 3.48. The Kier molecular flexibility index (Phi) is 8.07. The second kappa shape index (κ2) is 9.28. The third-order valence-electron chi connectivity index (χ3n) is 3.03. The zero-order valence-electron chi connectivity index (χ0n) is 13.2. The van der Waals surface area contributed by atoms with Crippen LogP contribution in [0.4, 0.5) is 5.69 Å². The summed E-state index contributed by atoms with van der Waals surface area (Å²) in [5, 5.41) is 13.1. The van der Waals surface area contributed by atoms with Crippen LogP contribution in [0, 0.1) is 5.92 Å². The highest BCUT2D eigenvalue weighted by Gasteiger charge is 2.10. The van der Waals surface area contributed by atoms with E-state index in [0.29, 0.717) is 19.1 Å². The van der Waals surface area contributed by atoms with Gasteiger partial charge in [0.15, 0.2) is 0 Å². The maximum Gasteiger partial charge on any atom is 0.122 e. The van der Waals surface area contributed by atoms with Crippen LogP contribution in [0.2, 0.25) is 0 Å². The lowest BCUT2D eigenvalue weighted by Crippen LogP contribution is -2.27. The summed E-state index contributed by atoms with van der Waals surface area (Å²) in [6.07, 6.45) is 0.637. The molecule has 4 nitrogen and oxygen atoms in total. The molecule has 1 aromatic rings. The Morgan fingerprint density at radius 3 is 2.57 bits per heavy atom. The van der Waals surface area contributed by atoms with E-state index in [0.717, 1.165) is 22.3 Å². The van der Waals surface area contributed by atoms with E-state index in [1.807, 2.05) is 25.1 Å². The van der Waals surface area contributed by atoms with Crippen LogP contribution in [-0.2, 0) is 4.74 Å². The number of aliphatic hydroxyl groups is 1. The van der Waals surface area contributed by atoms with Gasteiger partial charge in [0, 0.05) is 22.8 Å². The molecule has 1 rings (SSSR count). The van der Waals surface area contributed by atoms with Gasteiger partial charge in [-0.3, -0.25) is 0 Å². The van der Waals surface area contributed by atoms with Gasteiger partial charge in [0.1, 0.15) is 5.75 Å². The van der Waals surface area contributed by atoms with Gasteiger partial charge in [-0.25, -0.2) is 0 Å². The number of benzene rings is 1. The predicted octanol–water partition coefficient (Wildman–Crippen LogP) is 3.68. The van der Waals surface area contributed by atoms with Crippen molar-refractivity contribution in [2.24, 2.45) is 5.92 Å². The molecule has 0 aliphatic rings.